The monoisotopic (exact) mass is 356 g/mol. The molecule has 132 valence electrons. The zero-order chi connectivity index (χ0) is 18.7. The fraction of sp³-hybridized carbons (Fsp3) is 0.100. The minimum Gasteiger partial charge on any atom is -0.321 e. The molecule has 0 saturated carbocycles. The van der Waals surface area contributed by atoms with Crippen molar-refractivity contribution in [2.75, 3.05) is 5.32 Å². The second-order valence-corrected chi connectivity index (χ2v) is 5.82. The molecule has 0 aliphatic carbocycles. The highest BCUT2D eigenvalue weighted by Crippen LogP contribution is 2.21. The van der Waals surface area contributed by atoms with Crippen LogP contribution in [0.2, 0.25) is 0 Å². The molecule has 3 aromatic rings. The SMILES string of the molecule is Cc1cc(C=CC(F)(F)F)ccc1C(=O)Nc1cnc2ccccc2c1. The fourth-order valence-corrected chi connectivity index (χ4v) is 2.57. The van der Waals surface area contributed by atoms with Crippen molar-refractivity contribution >= 4 is 28.6 Å². The topological polar surface area (TPSA) is 42.0 Å². The van der Waals surface area contributed by atoms with E-state index in [0.29, 0.717) is 22.4 Å². The minimum atomic E-state index is -4.37. The number of aryl methyl sites for hydroxylation is 1. The Balaban J connectivity index is 1.79. The van der Waals surface area contributed by atoms with Gasteiger partial charge in [0, 0.05) is 17.0 Å². The number of allylic oxidation sites excluding steroid dienone is 1. The highest BCUT2D eigenvalue weighted by Gasteiger charge is 2.21. The normalized spacial score (nSPS) is 11.8. The number of hydrogen-bond donors (Lipinski definition) is 1. The smallest absolute Gasteiger partial charge is 0.321 e. The van der Waals surface area contributed by atoms with Crippen LogP contribution in [-0.4, -0.2) is 17.1 Å². The Hall–Kier alpha value is -3.15. The van der Waals surface area contributed by atoms with Gasteiger partial charge in [-0.15, -0.1) is 0 Å². The number of amides is 1. The number of benzene rings is 2. The number of fused-ring (bicyclic) bond motifs is 1. The summed E-state index contributed by atoms with van der Waals surface area (Å²) in [6, 6.07) is 13.9. The molecule has 6 heteroatoms. The van der Waals surface area contributed by atoms with Crippen LogP contribution in [-0.2, 0) is 0 Å². The lowest BCUT2D eigenvalue weighted by Crippen LogP contribution is -2.13. The molecular weight excluding hydrogens is 341 g/mol. The lowest BCUT2D eigenvalue weighted by Gasteiger charge is -2.09. The Kier molecular flexibility index (Phi) is 4.75. The number of para-hydroxylation sites is 1. The number of anilines is 1. The summed E-state index contributed by atoms with van der Waals surface area (Å²) in [7, 11) is 0. The van der Waals surface area contributed by atoms with Crippen molar-refractivity contribution < 1.29 is 18.0 Å². The van der Waals surface area contributed by atoms with Gasteiger partial charge in [0.1, 0.15) is 0 Å². The van der Waals surface area contributed by atoms with Gasteiger partial charge in [-0.2, -0.15) is 13.2 Å². The van der Waals surface area contributed by atoms with Crippen LogP contribution in [0.5, 0.6) is 0 Å². The van der Waals surface area contributed by atoms with E-state index in [1.165, 1.54) is 18.2 Å². The van der Waals surface area contributed by atoms with Crippen LogP contribution < -0.4 is 5.32 Å². The second kappa shape index (κ2) is 7.00. The maximum atomic E-state index is 12.5. The molecule has 0 aliphatic heterocycles. The minimum absolute atomic E-state index is 0.169. The molecule has 1 N–H and O–H groups in total. The molecule has 0 unspecified atom stereocenters. The highest BCUT2D eigenvalue weighted by atomic mass is 19.4. The predicted molar refractivity (Wildman–Crippen MR) is 96.0 cm³/mol. The first kappa shape index (κ1) is 17.7. The number of alkyl halides is 3. The Bertz CT molecular complexity index is 994. The quantitative estimate of drug-likeness (QED) is 0.685. The van der Waals surface area contributed by atoms with Gasteiger partial charge in [0.15, 0.2) is 0 Å². The zero-order valence-corrected chi connectivity index (χ0v) is 13.8. The van der Waals surface area contributed by atoms with Crippen LogP contribution in [0.4, 0.5) is 18.9 Å². The molecule has 0 saturated heterocycles. The third-order valence-electron chi connectivity index (χ3n) is 3.81. The number of carbonyl (C=O) groups excluding carboxylic acids is 1. The maximum absolute atomic E-state index is 12.5. The van der Waals surface area contributed by atoms with Crippen LogP contribution in [0.25, 0.3) is 17.0 Å². The van der Waals surface area contributed by atoms with E-state index in [9.17, 15) is 18.0 Å². The van der Waals surface area contributed by atoms with Gasteiger partial charge in [-0.3, -0.25) is 9.78 Å². The van der Waals surface area contributed by atoms with Crippen LogP contribution in [0.15, 0.2) is 60.8 Å². The Morgan fingerprint density at radius 3 is 2.62 bits per heavy atom. The predicted octanol–water partition coefficient (Wildman–Crippen LogP) is 5.37. The third kappa shape index (κ3) is 4.27. The number of pyridine rings is 1. The average molecular weight is 356 g/mol. The number of nitrogens with one attached hydrogen (secondary N) is 1. The lowest BCUT2D eigenvalue weighted by atomic mass is 10.0. The molecule has 0 aliphatic rings. The van der Waals surface area contributed by atoms with Gasteiger partial charge in [0.2, 0.25) is 0 Å². The maximum Gasteiger partial charge on any atom is 0.409 e. The summed E-state index contributed by atoms with van der Waals surface area (Å²) in [4.78, 5) is 16.7. The molecule has 0 radical (unpaired) electrons. The van der Waals surface area contributed by atoms with Crippen LogP contribution in [0.3, 0.4) is 0 Å². The van der Waals surface area contributed by atoms with Gasteiger partial charge in [-0.25, -0.2) is 0 Å². The molecular formula is C20H15F3N2O. The number of nitrogens with zero attached hydrogens (tertiary/aromatic N) is 1. The number of carbonyl (C=O) groups is 1. The number of aromatic nitrogens is 1. The van der Waals surface area contributed by atoms with Gasteiger partial charge < -0.3 is 5.32 Å². The second-order valence-electron chi connectivity index (χ2n) is 5.82. The van der Waals surface area contributed by atoms with E-state index in [1.54, 1.807) is 13.1 Å². The van der Waals surface area contributed by atoms with E-state index in [0.717, 1.165) is 17.0 Å². The standard InChI is InChI=1S/C20H15F3N2O/c1-13-10-14(8-9-20(21,22)23)6-7-17(13)19(26)25-16-11-15-4-2-3-5-18(15)24-12-16/h2-12H,1H3,(H,25,26). The van der Waals surface area contributed by atoms with Gasteiger partial charge in [0.25, 0.3) is 5.91 Å². The van der Waals surface area contributed by atoms with E-state index in [1.807, 2.05) is 30.3 Å². The Morgan fingerprint density at radius 2 is 1.88 bits per heavy atom. The molecule has 3 nitrogen and oxygen atoms in total. The van der Waals surface area contributed by atoms with Crippen molar-refractivity contribution in [3.63, 3.8) is 0 Å². The van der Waals surface area contributed by atoms with Crippen molar-refractivity contribution in [3.05, 3.63) is 77.5 Å². The van der Waals surface area contributed by atoms with Gasteiger partial charge in [-0.1, -0.05) is 36.4 Å². The average Bonchev–Trinajstić information content (AvgIpc) is 2.59. The summed E-state index contributed by atoms with van der Waals surface area (Å²) in [6.07, 6.45) is -1.66. The summed E-state index contributed by atoms with van der Waals surface area (Å²) in [6.45, 7) is 1.68. The van der Waals surface area contributed by atoms with Gasteiger partial charge in [0.05, 0.1) is 17.4 Å². The Morgan fingerprint density at radius 1 is 1.12 bits per heavy atom. The van der Waals surface area contributed by atoms with Crippen molar-refractivity contribution in [1.82, 2.24) is 4.98 Å². The molecule has 0 atom stereocenters. The molecule has 0 bridgehead atoms. The number of halogens is 3. The van der Waals surface area contributed by atoms with Crippen molar-refractivity contribution in [2.45, 2.75) is 13.1 Å². The zero-order valence-electron chi connectivity index (χ0n) is 13.8. The summed E-state index contributed by atoms with van der Waals surface area (Å²) >= 11 is 0. The molecule has 1 amide bonds. The van der Waals surface area contributed by atoms with E-state index >= 15 is 0 Å². The van der Waals surface area contributed by atoms with Crippen molar-refractivity contribution in [3.8, 4) is 0 Å². The molecule has 26 heavy (non-hydrogen) atoms. The molecule has 1 aromatic heterocycles. The largest absolute Gasteiger partial charge is 0.409 e. The van der Waals surface area contributed by atoms with Crippen LogP contribution in [0.1, 0.15) is 21.5 Å². The summed E-state index contributed by atoms with van der Waals surface area (Å²) < 4.78 is 36.7. The molecule has 0 spiro atoms. The van der Waals surface area contributed by atoms with Crippen LogP contribution in [0, 0.1) is 6.92 Å². The molecule has 2 aromatic carbocycles. The summed E-state index contributed by atoms with van der Waals surface area (Å²) in [5.41, 5.74) is 2.73. The number of hydrogen-bond acceptors (Lipinski definition) is 2. The molecule has 1 heterocycles. The first-order valence-corrected chi connectivity index (χ1v) is 7.84. The Labute approximate surface area is 148 Å². The van der Waals surface area contributed by atoms with Crippen molar-refractivity contribution in [2.24, 2.45) is 0 Å². The van der Waals surface area contributed by atoms with E-state index in [4.69, 9.17) is 0 Å². The highest BCUT2D eigenvalue weighted by molar-refractivity contribution is 6.06. The van der Waals surface area contributed by atoms with E-state index in [-0.39, 0.29) is 12.0 Å². The number of rotatable bonds is 3. The molecule has 0 fully saturated rings. The molecule has 3 rings (SSSR count). The first-order chi connectivity index (χ1) is 12.3. The summed E-state index contributed by atoms with van der Waals surface area (Å²) in [5, 5.41) is 3.67. The van der Waals surface area contributed by atoms with Crippen molar-refractivity contribution in [1.29, 1.82) is 0 Å². The fourth-order valence-electron chi connectivity index (χ4n) is 2.57. The van der Waals surface area contributed by atoms with Gasteiger partial charge in [-0.05, 0) is 36.2 Å². The summed E-state index contributed by atoms with van der Waals surface area (Å²) in [5.74, 6) is -0.342. The first-order valence-electron chi connectivity index (χ1n) is 7.84. The third-order valence-corrected chi connectivity index (χ3v) is 3.81. The van der Waals surface area contributed by atoms with Crippen LogP contribution >= 0.6 is 0 Å². The lowest BCUT2D eigenvalue weighted by molar-refractivity contribution is -0.0790. The van der Waals surface area contributed by atoms with E-state index < -0.39 is 6.18 Å². The van der Waals surface area contributed by atoms with E-state index in [2.05, 4.69) is 10.3 Å². The van der Waals surface area contributed by atoms with Gasteiger partial charge >= 0.3 is 6.18 Å².